The zero-order valence-electron chi connectivity index (χ0n) is 10.1. The number of hydrogen-bond donors (Lipinski definition) is 0. The maximum atomic E-state index is 11.6. The second-order valence-corrected chi connectivity index (χ2v) is 3.63. The molecular weight excluding hydrogens is 216 g/mol. The second kappa shape index (κ2) is 6.76. The number of ketones is 2. The number of Topliss-reactive ketones (excluding diaryl/α,β-unsaturated/α-hetero) is 1. The van der Waals surface area contributed by atoms with Gasteiger partial charge in [0.15, 0.2) is 11.6 Å². The molecule has 0 spiro atoms. The molecule has 0 atom stereocenters. The molecule has 0 bridgehead atoms. The molecule has 17 heavy (non-hydrogen) atoms. The molecule has 0 amide bonds. The normalized spacial score (nSPS) is 10.7. The van der Waals surface area contributed by atoms with E-state index < -0.39 is 0 Å². The van der Waals surface area contributed by atoms with Crippen molar-refractivity contribution in [2.45, 2.75) is 13.3 Å². The van der Waals surface area contributed by atoms with Crippen molar-refractivity contribution < 1.29 is 14.3 Å². The van der Waals surface area contributed by atoms with Crippen LogP contribution in [0.1, 0.15) is 29.3 Å². The predicted molar refractivity (Wildman–Crippen MR) is 67.0 cm³/mol. The van der Waals surface area contributed by atoms with Crippen molar-refractivity contribution in [3.63, 3.8) is 0 Å². The molecule has 1 aromatic carbocycles. The van der Waals surface area contributed by atoms with Gasteiger partial charge in [0.25, 0.3) is 0 Å². The lowest BCUT2D eigenvalue weighted by Crippen LogP contribution is -2.06. The van der Waals surface area contributed by atoms with Crippen molar-refractivity contribution in [2.24, 2.45) is 0 Å². The number of carbonyl (C=O) groups excluding carboxylic acids is 2. The zero-order valence-corrected chi connectivity index (χ0v) is 10.1. The summed E-state index contributed by atoms with van der Waals surface area (Å²) in [6, 6.07) is 7.13. The monoisotopic (exact) mass is 232 g/mol. The van der Waals surface area contributed by atoms with Gasteiger partial charge in [-0.3, -0.25) is 9.59 Å². The van der Waals surface area contributed by atoms with E-state index in [-0.39, 0.29) is 18.2 Å². The Morgan fingerprint density at radius 2 is 2.12 bits per heavy atom. The summed E-state index contributed by atoms with van der Waals surface area (Å²) in [7, 11) is 1.49. The van der Waals surface area contributed by atoms with E-state index in [2.05, 4.69) is 0 Å². The molecule has 1 aromatic rings. The van der Waals surface area contributed by atoms with Crippen LogP contribution in [0, 0.1) is 0 Å². The van der Waals surface area contributed by atoms with E-state index in [0.717, 1.165) is 5.56 Å². The van der Waals surface area contributed by atoms with Crippen LogP contribution < -0.4 is 0 Å². The largest absolute Gasteiger partial charge is 0.377 e. The topological polar surface area (TPSA) is 43.4 Å². The summed E-state index contributed by atoms with van der Waals surface area (Å²) in [5, 5.41) is 0. The Bertz CT molecular complexity index is 433. The highest BCUT2D eigenvalue weighted by molar-refractivity contribution is 5.98. The van der Waals surface area contributed by atoms with Crippen LogP contribution in [0.15, 0.2) is 30.3 Å². The Kier molecular flexibility index (Phi) is 5.30. The average molecular weight is 232 g/mol. The quantitative estimate of drug-likeness (QED) is 0.559. The summed E-state index contributed by atoms with van der Waals surface area (Å²) in [6.45, 7) is 1.88. The molecule has 0 fully saturated rings. The lowest BCUT2D eigenvalue weighted by atomic mass is 10.1. The van der Waals surface area contributed by atoms with Gasteiger partial charge in [-0.1, -0.05) is 31.2 Å². The molecule has 90 valence electrons. The Balaban J connectivity index is 2.82. The standard InChI is InChI=1S/C14H16O3/c1-3-13(15)8-7-11-5-4-6-12(9-11)14(16)10-17-2/h4-9H,3,10H2,1-2H3. The zero-order chi connectivity index (χ0) is 12.7. The first-order chi connectivity index (χ1) is 8.17. The minimum absolute atomic E-state index is 0.0652. The fraction of sp³-hybridized carbons (Fsp3) is 0.286. The fourth-order valence-electron chi connectivity index (χ4n) is 1.34. The molecule has 3 heteroatoms. The van der Waals surface area contributed by atoms with E-state index in [1.54, 1.807) is 24.3 Å². The molecule has 0 radical (unpaired) electrons. The van der Waals surface area contributed by atoms with Crippen molar-refractivity contribution in [1.82, 2.24) is 0 Å². The van der Waals surface area contributed by atoms with Gasteiger partial charge in [0.1, 0.15) is 6.61 Å². The van der Waals surface area contributed by atoms with E-state index in [1.165, 1.54) is 13.2 Å². The highest BCUT2D eigenvalue weighted by atomic mass is 16.5. The third kappa shape index (κ3) is 4.33. The van der Waals surface area contributed by atoms with Crippen LogP contribution in [0.5, 0.6) is 0 Å². The first-order valence-electron chi connectivity index (χ1n) is 5.50. The van der Waals surface area contributed by atoms with Gasteiger partial charge in [-0.2, -0.15) is 0 Å². The van der Waals surface area contributed by atoms with Gasteiger partial charge in [-0.05, 0) is 17.7 Å². The third-order valence-electron chi connectivity index (χ3n) is 2.29. The smallest absolute Gasteiger partial charge is 0.188 e. The van der Waals surface area contributed by atoms with E-state index in [1.807, 2.05) is 13.0 Å². The van der Waals surface area contributed by atoms with Crippen molar-refractivity contribution >= 4 is 17.6 Å². The van der Waals surface area contributed by atoms with Gasteiger partial charge in [0.05, 0.1) is 0 Å². The van der Waals surface area contributed by atoms with E-state index in [9.17, 15) is 9.59 Å². The minimum atomic E-state index is -0.0652. The highest BCUT2D eigenvalue weighted by Gasteiger charge is 2.04. The number of carbonyl (C=O) groups is 2. The lowest BCUT2D eigenvalue weighted by molar-refractivity contribution is -0.114. The molecule has 0 aliphatic heterocycles. The van der Waals surface area contributed by atoms with Crippen LogP contribution in [0.4, 0.5) is 0 Å². The summed E-state index contributed by atoms with van der Waals surface area (Å²) in [6.07, 6.45) is 3.73. The molecule has 0 aromatic heterocycles. The van der Waals surface area contributed by atoms with E-state index in [4.69, 9.17) is 4.74 Å². The number of hydrogen-bond acceptors (Lipinski definition) is 3. The van der Waals surface area contributed by atoms with Gasteiger partial charge in [0, 0.05) is 19.1 Å². The Morgan fingerprint density at radius 1 is 1.35 bits per heavy atom. The number of benzene rings is 1. The molecule has 0 heterocycles. The second-order valence-electron chi connectivity index (χ2n) is 3.63. The summed E-state index contributed by atoms with van der Waals surface area (Å²) >= 11 is 0. The van der Waals surface area contributed by atoms with Crippen LogP contribution in [0.2, 0.25) is 0 Å². The lowest BCUT2D eigenvalue weighted by Gasteiger charge is -2.00. The molecular formula is C14H16O3. The minimum Gasteiger partial charge on any atom is -0.377 e. The van der Waals surface area contributed by atoms with Crippen LogP contribution in [-0.2, 0) is 9.53 Å². The number of allylic oxidation sites excluding steroid dienone is 1. The van der Waals surface area contributed by atoms with Gasteiger partial charge in [0.2, 0.25) is 0 Å². The molecule has 0 unspecified atom stereocenters. The maximum absolute atomic E-state index is 11.6. The van der Waals surface area contributed by atoms with Crippen molar-refractivity contribution in [3.8, 4) is 0 Å². The van der Waals surface area contributed by atoms with Crippen LogP contribution in [0.25, 0.3) is 6.08 Å². The van der Waals surface area contributed by atoms with Gasteiger partial charge in [-0.25, -0.2) is 0 Å². The third-order valence-corrected chi connectivity index (χ3v) is 2.29. The predicted octanol–water partition coefficient (Wildman–Crippen LogP) is 2.51. The first-order valence-corrected chi connectivity index (χ1v) is 5.50. The number of rotatable bonds is 6. The van der Waals surface area contributed by atoms with Crippen molar-refractivity contribution in [2.75, 3.05) is 13.7 Å². The maximum Gasteiger partial charge on any atom is 0.188 e. The summed E-state index contributed by atoms with van der Waals surface area (Å²) in [4.78, 5) is 22.7. The summed E-state index contributed by atoms with van der Waals surface area (Å²) < 4.78 is 4.79. The van der Waals surface area contributed by atoms with Gasteiger partial charge in [-0.15, -0.1) is 0 Å². The molecule has 0 aliphatic rings. The van der Waals surface area contributed by atoms with Crippen molar-refractivity contribution in [1.29, 1.82) is 0 Å². The molecule has 0 aliphatic carbocycles. The molecule has 0 N–H and O–H groups in total. The van der Waals surface area contributed by atoms with Gasteiger partial charge < -0.3 is 4.74 Å². The highest BCUT2D eigenvalue weighted by Crippen LogP contribution is 2.08. The Labute approximate surface area is 101 Å². The molecule has 0 saturated heterocycles. The summed E-state index contributed by atoms with van der Waals surface area (Å²) in [5.74, 6) is 0.00295. The van der Waals surface area contributed by atoms with Crippen LogP contribution in [0.3, 0.4) is 0 Å². The first kappa shape index (κ1) is 13.3. The van der Waals surface area contributed by atoms with E-state index in [0.29, 0.717) is 12.0 Å². The number of methoxy groups -OCH3 is 1. The van der Waals surface area contributed by atoms with Crippen LogP contribution >= 0.6 is 0 Å². The van der Waals surface area contributed by atoms with Crippen molar-refractivity contribution in [3.05, 3.63) is 41.5 Å². The van der Waals surface area contributed by atoms with E-state index >= 15 is 0 Å². The van der Waals surface area contributed by atoms with Gasteiger partial charge >= 0.3 is 0 Å². The molecule has 0 saturated carbocycles. The Hall–Kier alpha value is -1.74. The Morgan fingerprint density at radius 3 is 2.76 bits per heavy atom. The molecule has 3 nitrogen and oxygen atoms in total. The average Bonchev–Trinajstić information content (AvgIpc) is 2.36. The molecule has 1 rings (SSSR count). The fourth-order valence-corrected chi connectivity index (χ4v) is 1.34. The number of ether oxygens (including phenoxy) is 1. The summed E-state index contributed by atoms with van der Waals surface area (Å²) in [5.41, 5.74) is 1.44. The SMILES string of the molecule is CCC(=O)C=Cc1cccc(C(=O)COC)c1. The van der Waals surface area contributed by atoms with Crippen LogP contribution in [-0.4, -0.2) is 25.3 Å².